The second-order valence-corrected chi connectivity index (χ2v) is 7.17. The lowest BCUT2D eigenvalue weighted by molar-refractivity contribution is 0.728. The van der Waals surface area contributed by atoms with Gasteiger partial charge in [0.05, 0.1) is 0 Å². The van der Waals surface area contributed by atoms with Crippen LogP contribution in [0.2, 0.25) is 10.0 Å². The van der Waals surface area contributed by atoms with Gasteiger partial charge in [0.1, 0.15) is 5.82 Å². The molecule has 1 heterocycles. The van der Waals surface area contributed by atoms with Crippen molar-refractivity contribution in [2.45, 2.75) is 46.0 Å². The van der Waals surface area contributed by atoms with Crippen molar-refractivity contribution in [1.82, 2.24) is 9.97 Å². The molecule has 0 unspecified atom stereocenters. The number of aromatic nitrogens is 2. The molecule has 3 nitrogen and oxygen atoms in total. The van der Waals surface area contributed by atoms with Gasteiger partial charge in [0.2, 0.25) is 0 Å². The highest BCUT2D eigenvalue weighted by molar-refractivity contribution is 6.35. The predicted octanol–water partition coefficient (Wildman–Crippen LogP) is 5.57. The van der Waals surface area contributed by atoms with Gasteiger partial charge in [0.15, 0.2) is 5.82 Å². The highest BCUT2D eigenvalue weighted by Crippen LogP contribution is 2.33. The van der Waals surface area contributed by atoms with E-state index in [-0.39, 0.29) is 0 Å². The van der Waals surface area contributed by atoms with Crippen LogP contribution in [0.1, 0.15) is 44.4 Å². The topological polar surface area (TPSA) is 29.0 Å². The molecule has 5 heteroatoms. The van der Waals surface area contributed by atoms with E-state index in [1.807, 2.05) is 12.1 Å². The van der Waals surface area contributed by atoms with Crippen molar-refractivity contribution in [2.24, 2.45) is 0 Å². The number of benzene rings is 1. The largest absolute Gasteiger partial charge is 0.356 e. The molecule has 24 heavy (non-hydrogen) atoms. The van der Waals surface area contributed by atoms with E-state index in [1.165, 1.54) is 11.3 Å². The smallest absolute Gasteiger partial charge is 0.161 e. The molecule has 0 N–H and O–H groups in total. The van der Waals surface area contributed by atoms with Crippen molar-refractivity contribution >= 4 is 29.0 Å². The van der Waals surface area contributed by atoms with E-state index in [9.17, 15) is 0 Å². The quantitative estimate of drug-likeness (QED) is 0.671. The van der Waals surface area contributed by atoms with Crippen molar-refractivity contribution in [3.63, 3.8) is 0 Å². The lowest BCUT2D eigenvalue weighted by atomic mass is 10.1. The molecule has 0 spiro atoms. The van der Waals surface area contributed by atoms with Crippen LogP contribution in [-0.2, 0) is 12.8 Å². The highest BCUT2D eigenvalue weighted by Gasteiger charge is 2.23. The number of rotatable bonds is 6. The molecular weight excluding hydrogens is 341 g/mol. The summed E-state index contributed by atoms with van der Waals surface area (Å²) in [6.07, 6.45) is 5.47. The van der Waals surface area contributed by atoms with Crippen LogP contribution in [0.5, 0.6) is 0 Å². The van der Waals surface area contributed by atoms with Gasteiger partial charge in [-0.25, -0.2) is 9.97 Å². The van der Waals surface area contributed by atoms with E-state index >= 15 is 0 Å². The Balaban J connectivity index is 2.10. The van der Waals surface area contributed by atoms with E-state index in [0.29, 0.717) is 10.0 Å². The number of hydrogen-bond donors (Lipinski definition) is 0. The minimum Gasteiger partial charge on any atom is -0.356 e. The molecule has 1 aromatic carbocycles. The van der Waals surface area contributed by atoms with Crippen LogP contribution in [0.25, 0.3) is 11.4 Å². The average molecular weight is 364 g/mol. The first-order valence-corrected chi connectivity index (χ1v) is 9.49. The molecule has 3 rings (SSSR count). The van der Waals surface area contributed by atoms with Crippen LogP contribution in [0, 0.1) is 0 Å². The van der Waals surface area contributed by atoms with E-state index in [1.54, 1.807) is 6.07 Å². The Morgan fingerprint density at radius 2 is 1.62 bits per heavy atom. The normalized spacial score (nSPS) is 13.2. The van der Waals surface area contributed by atoms with E-state index in [4.69, 9.17) is 33.2 Å². The molecule has 0 amide bonds. The molecule has 0 bridgehead atoms. The monoisotopic (exact) mass is 363 g/mol. The van der Waals surface area contributed by atoms with E-state index in [2.05, 4.69) is 18.7 Å². The van der Waals surface area contributed by atoms with Crippen LogP contribution in [0.3, 0.4) is 0 Å². The van der Waals surface area contributed by atoms with Gasteiger partial charge in [0, 0.05) is 40.0 Å². The first-order valence-electron chi connectivity index (χ1n) is 8.73. The van der Waals surface area contributed by atoms with Gasteiger partial charge in [0.25, 0.3) is 0 Å². The minimum absolute atomic E-state index is 0.613. The SMILES string of the molecule is CCCN(CCC)c1nc(-c2cc(Cl)cc(Cl)c2)nc2c1CCC2. The average Bonchev–Trinajstić information content (AvgIpc) is 3.01. The van der Waals surface area contributed by atoms with Gasteiger partial charge in [-0.2, -0.15) is 0 Å². The Kier molecular flexibility index (Phi) is 5.62. The summed E-state index contributed by atoms with van der Waals surface area (Å²) >= 11 is 12.3. The number of fused-ring (bicyclic) bond motifs is 1. The maximum absolute atomic E-state index is 6.17. The highest BCUT2D eigenvalue weighted by atomic mass is 35.5. The van der Waals surface area contributed by atoms with Gasteiger partial charge >= 0.3 is 0 Å². The molecule has 0 radical (unpaired) electrons. The van der Waals surface area contributed by atoms with E-state index in [0.717, 1.165) is 62.4 Å². The molecule has 1 aromatic heterocycles. The van der Waals surface area contributed by atoms with E-state index < -0.39 is 0 Å². The fourth-order valence-corrected chi connectivity index (χ4v) is 3.88. The number of hydrogen-bond acceptors (Lipinski definition) is 3. The minimum atomic E-state index is 0.613. The summed E-state index contributed by atoms with van der Waals surface area (Å²) in [7, 11) is 0. The zero-order chi connectivity index (χ0) is 17.1. The van der Waals surface area contributed by atoms with Gasteiger partial charge in [-0.1, -0.05) is 37.0 Å². The lowest BCUT2D eigenvalue weighted by Crippen LogP contribution is -2.27. The number of aryl methyl sites for hydroxylation is 1. The number of anilines is 1. The molecule has 1 aliphatic carbocycles. The van der Waals surface area contributed by atoms with Crippen molar-refractivity contribution in [3.05, 3.63) is 39.5 Å². The summed E-state index contributed by atoms with van der Waals surface area (Å²) in [5, 5.41) is 1.23. The molecule has 0 saturated heterocycles. The summed E-state index contributed by atoms with van der Waals surface area (Å²) in [6, 6.07) is 5.51. The van der Waals surface area contributed by atoms with Crippen LogP contribution >= 0.6 is 23.2 Å². The van der Waals surface area contributed by atoms with Gasteiger partial charge in [-0.05, 0) is 50.3 Å². The molecule has 0 saturated carbocycles. The molecule has 128 valence electrons. The zero-order valence-corrected chi connectivity index (χ0v) is 15.8. The lowest BCUT2D eigenvalue weighted by Gasteiger charge is -2.25. The fourth-order valence-electron chi connectivity index (χ4n) is 3.35. The maximum atomic E-state index is 6.17. The third-order valence-corrected chi connectivity index (χ3v) is 4.76. The predicted molar refractivity (Wildman–Crippen MR) is 102 cm³/mol. The summed E-state index contributed by atoms with van der Waals surface area (Å²) < 4.78 is 0. The number of halogens is 2. The van der Waals surface area contributed by atoms with Crippen LogP contribution in [0.15, 0.2) is 18.2 Å². The Morgan fingerprint density at radius 3 is 2.25 bits per heavy atom. The number of nitrogens with zero attached hydrogens (tertiary/aromatic N) is 3. The summed E-state index contributed by atoms with van der Waals surface area (Å²) in [5.74, 6) is 1.83. The molecular formula is C19H23Cl2N3. The first kappa shape index (κ1) is 17.5. The molecule has 0 aliphatic heterocycles. The molecule has 0 atom stereocenters. The Morgan fingerprint density at radius 1 is 0.958 bits per heavy atom. The van der Waals surface area contributed by atoms with Gasteiger partial charge in [-0.3, -0.25) is 0 Å². The summed E-state index contributed by atoms with van der Waals surface area (Å²) in [4.78, 5) is 12.2. The zero-order valence-electron chi connectivity index (χ0n) is 14.3. The molecule has 1 aliphatic rings. The van der Waals surface area contributed by atoms with Gasteiger partial charge < -0.3 is 4.90 Å². The fraction of sp³-hybridized carbons (Fsp3) is 0.474. The third-order valence-electron chi connectivity index (χ3n) is 4.32. The second-order valence-electron chi connectivity index (χ2n) is 6.29. The van der Waals surface area contributed by atoms with Crippen molar-refractivity contribution in [3.8, 4) is 11.4 Å². The summed E-state index contributed by atoms with van der Waals surface area (Å²) in [6.45, 7) is 6.46. The van der Waals surface area contributed by atoms with Crippen LogP contribution in [-0.4, -0.2) is 23.1 Å². The molecule has 2 aromatic rings. The second kappa shape index (κ2) is 7.71. The Labute approximate surface area is 154 Å². The molecule has 0 fully saturated rings. The summed E-state index contributed by atoms with van der Waals surface area (Å²) in [5.41, 5.74) is 3.40. The first-order chi connectivity index (χ1) is 11.6. The van der Waals surface area contributed by atoms with Crippen molar-refractivity contribution < 1.29 is 0 Å². The Bertz CT molecular complexity index is 705. The van der Waals surface area contributed by atoms with Gasteiger partial charge in [-0.15, -0.1) is 0 Å². The standard InChI is InChI=1S/C19H23Cl2N3/c1-3-8-24(9-4-2)19-16-6-5-7-17(16)22-18(23-19)13-10-14(20)12-15(21)11-13/h10-12H,3-9H2,1-2H3. The third kappa shape index (κ3) is 3.68. The van der Waals surface area contributed by atoms with Crippen LogP contribution in [0.4, 0.5) is 5.82 Å². The Hall–Kier alpha value is -1.32. The van der Waals surface area contributed by atoms with Crippen LogP contribution < -0.4 is 4.90 Å². The van der Waals surface area contributed by atoms with Crippen molar-refractivity contribution in [1.29, 1.82) is 0 Å². The maximum Gasteiger partial charge on any atom is 0.161 e. The van der Waals surface area contributed by atoms with Crippen molar-refractivity contribution in [2.75, 3.05) is 18.0 Å².